The Hall–Kier alpha value is -1.44. The van der Waals surface area contributed by atoms with Crippen LogP contribution in [0.25, 0.3) is 0 Å². The van der Waals surface area contributed by atoms with Gasteiger partial charge in [0, 0.05) is 43.6 Å². The first-order valence-electron chi connectivity index (χ1n) is 10.4. The van der Waals surface area contributed by atoms with E-state index in [0.717, 1.165) is 71.0 Å². The van der Waals surface area contributed by atoms with Gasteiger partial charge in [-0.05, 0) is 32.6 Å². The molecule has 1 aliphatic carbocycles. The number of hydrogen-bond donors (Lipinski definition) is 1. The third-order valence-electron chi connectivity index (χ3n) is 6.29. The van der Waals surface area contributed by atoms with Gasteiger partial charge in [-0.2, -0.15) is 0 Å². The zero-order valence-corrected chi connectivity index (χ0v) is 16.4. The van der Waals surface area contributed by atoms with E-state index in [0.29, 0.717) is 17.5 Å². The van der Waals surface area contributed by atoms with Crippen LogP contribution < -0.4 is 10.1 Å². The van der Waals surface area contributed by atoms with Crippen LogP contribution in [-0.2, 0) is 9.47 Å². The topological polar surface area (TPSA) is 68.7 Å². The molecule has 150 valence electrons. The average Bonchev–Trinajstić information content (AvgIpc) is 2.72. The van der Waals surface area contributed by atoms with Gasteiger partial charge in [-0.15, -0.1) is 0 Å². The molecule has 4 rings (SSSR count). The number of nitrogens with one attached hydrogen (secondary N) is 1. The van der Waals surface area contributed by atoms with Crippen LogP contribution in [0, 0.1) is 0 Å². The molecule has 2 saturated heterocycles. The first-order valence-corrected chi connectivity index (χ1v) is 10.4. The Labute approximate surface area is 161 Å². The van der Waals surface area contributed by atoms with Crippen LogP contribution in [0.15, 0.2) is 12.4 Å². The van der Waals surface area contributed by atoms with Crippen LogP contribution in [0.5, 0.6) is 5.88 Å². The van der Waals surface area contributed by atoms with Crippen molar-refractivity contribution in [3.63, 3.8) is 0 Å². The van der Waals surface area contributed by atoms with Gasteiger partial charge in [0.15, 0.2) is 0 Å². The van der Waals surface area contributed by atoms with Crippen molar-refractivity contribution >= 4 is 5.82 Å². The van der Waals surface area contributed by atoms with Crippen molar-refractivity contribution in [3.8, 4) is 5.88 Å². The Balaban J connectivity index is 1.29. The minimum Gasteiger partial charge on any atom is -0.474 e. The summed E-state index contributed by atoms with van der Waals surface area (Å²) in [6, 6.07) is 2.40. The highest BCUT2D eigenvalue weighted by Gasteiger charge is 2.36. The Morgan fingerprint density at radius 2 is 1.74 bits per heavy atom. The first-order chi connectivity index (χ1) is 13.2. The van der Waals surface area contributed by atoms with E-state index in [1.165, 1.54) is 12.8 Å². The normalized spacial score (nSPS) is 30.8. The lowest BCUT2D eigenvalue weighted by Gasteiger charge is -2.47. The van der Waals surface area contributed by atoms with Crippen molar-refractivity contribution in [1.29, 1.82) is 0 Å². The lowest BCUT2D eigenvalue weighted by atomic mass is 9.79. The van der Waals surface area contributed by atoms with E-state index in [2.05, 4.69) is 27.1 Å². The van der Waals surface area contributed by atoms with E-state index < -0.39 is 0 Å². The highest BCUT2D eigenvalue weighted by Crippen LogP contribution is 2.35. The number of morpholine rings is 1. The summed E-state index contributed by atoms with van der Waals surface area (Å²) in [6.07, 6.45) is 8.39. The number of rotatable bonds is 5. The van der Waals surface area contributed by atoms with Crippen LogP contribution in [0.1, 0.15) is 45.4 Å². The van der Waals surface area contributed by atoms with E-state index in [9.17, 15) is 0 Å². The minimum absolute atomic E-state index is 0.199. The zero-order valence-electron chi connectivity index (χ0n) is 16.4. The number of ether oxygens (including phenoxy) is 3. The van der Waals surface area contributed by atoms with Crippen molar-refractivity contribution in [2.45, 2.75) is 63.1 Å². The highest BCUT2D eigenvalue weighted by molar-refractivity contribution is 5.38. The molecule has 27 heavy (non-hydrogen) atoms. The molecule has 0 aromatic carbocycles. The molecule has 7 heteroatoms. The second-order valence-electron chi connectivity index (χ2n) is 8.19. The summed E-state index contributed by atoms with van der Waals surface area (Å²) in [4.78, 5) is 11.3. The lowest BCUT2D eigenvalue weighted by Crippen LogP contribution is -2.54. The Morgan fingerprint density at radius 1 is 1.04 bits per heavy atom. The number of hydrogen-bond acceptors (Lipinski definition) is 7. The van der Waals surface area contributed by atoms with Gasteiger partial charge >= 0.3 is 0 Å². The second kappa shape index (κ2) is 8.71. The van der Waals surface area contributed by atoms with E-state index in [1.54, 1.807) is 6.33 Å². The summed E-state index contributed by atoms with van der Waals surface area (Å²) in [5.74, 6) is 1.53. The van der Waals surface area contributed by atoms with Crippen LogP contribution >= 0.6 is 0 Å². The molecule has 1 aromatic heterocycles. The number of anilines is 1. The molecule has 1 aromatic rings. The number of nitrogens with zero attached hydrogens (tertiary/aromatic N) is 3. The van der Waals surface area contributed by atoms with Crippen molar-refractivity contribution in [1.82, 2.24) is 14.9 Å². The molecule has 0 amide bonds. The van der Waals surface area contributed by atoms with Gasteiger partial charge in [0.05, 0.1) is 26.4 Å². The van der Waals surface area contributed by atoms with Gasteiger partial charge < -0.3 is 19.5 Å². The molecule has 0 bridgehead atoms. The van der Waals surface area contributed by atoms with E-state index >= 15 is 0 Å². The molecule has 1 saturated carbocycles. The summed E-state index contributed by atoms with van der Waals surface area (Å²) in [7, 11) is 0. The molecule has 3 heterocycles. The van der Waals surface area contributed by atoms with Crippen LogP contribution in [-0.4, -0.2) is 72.1 Å². The van der Waals surface area contributed by atoms with E-state index in [1.807, 2.05) is 6.07 Å². The summed E-state index contributed by atoms with van der Waals surface area (Å²) in [5.41, 5.74) is 0.310. The van der Waals surface area contributed by atoms with Crippen molar-refractivity contribution in [2.75, 3.05) is 44.8 Å². The lowest BCUT2D eigenvalue weighted by molar-refractivity contribution is -0.0305. The van der Waals surface area contributed by atoms with Gasteiger partial charge in [-0.25, -0.2) is 9.97 Å². The van der Waals surface area contributed by atoms with Crippen LogP contribution in [0.4, 0.5) is 5.82 Å². The molecule has 0 atom stereocenters. The van der Waals surface area contributed by atoms with Crippen molar-refractivity contribution < 1.29 is 14.2 Å². The molecule has 7 nitrogen and oxygen atoms in total. The maximum Gasteiger partial charge on any atom is 0.218 e. The minimum atomic E-state index is 0.199. The van der Waals surface area contributed by atoms with Crippen molar-refractivity contribution in [3.05, 3.63) is 12.4 Å². The molecule has 2 aliphatic heterocycles. The zero-order chi connectivity index (χ0) is 18.5. The summed E-state index contributed by atoms with van der Waals surface area (Å²) in [6.45, 7) is 7.82. The standard InChI is InChI=1S/C20H32N4O3/c1-20(24-8-12-26-13-9-24)6-2-16(3-7-20)23-18-14-19(22-15-21-18)27-17-4-10-25-11-5-17/h14-17H,2-13H2,1H3,(H,21,22,23). The SMILES string of the molecule is CC1(N2CCOCC2)CCC(Nc2cc(OC3CCOCC3)ncn2)CC1. The fraction of sp³-hybridized carbons (Fsp3) is 0.800. The Morgan fingerprint density at radius 3 is 2.48 bits per heavy atom. The van der Waals surface area contributed by atoms with Gasteiger partial charge in [-0.1, -0.05) is 0 Å². The predicted molar refractivity (Wildman–Crippen MR) is 103 cm³/mol. The third kappa shape index (κ3) is 4.89. The highest BCUT2D eigenvalue weighted by atomic mass is 16.5. The maximum atomic E-state index is 6.01. The van der Waals surface area contributed by atoms with Gasteiger partial charge in [0.1, 0.15) is 18.2 Å². The van der Waals surface area contributed by atoms with E-state index in [-0.39, 0.29) is 6.10 Å². The summed E-state index contributed by atoms with van der Waals surface area (Å²) < 4.78 is 16.9. The van der Waals surface area contributed by atoms with Crippen LogP contribution in [0.2, 0.25) is 0 Å². The third-order valence-corrected chi connectivity index (χ3v) is 6.29. The molecule has 3 aliphatic rings. The fourth-order valence-corrected chi connectivity index (χ4v) is 4.46. The molecule has 3 fully saturated rings. The molecule has 0 radical (unpaired) electrons. The smallest absolute Gasteiger partial charge is 0.218 e. The first kappa shape index (κ1) is 18.9. The van der Waals surface area contributed by atoms with Crippen molar-refractivity contribution in [2.24, 2.45) is 0 Å². The molecular weight excluding hydrogens is 344 g/mol. The summed E-state index contributed by atoms with van der Waals surface area (Å²) in [5, 5.41) is 3.60. The largest absolute Gasteiger partial charge is 0.474 e. The second-order valence-corrected chi connectivity index (χ2v) is 8.19. The Bertz CT molecular complexity index is 595. The quantitative estimate of drug-likeness (QED) is 0.847. The fourth-order valence-electron chi connectivity index (χ4n) is 4.46. The van der Waals surface area contributed by atoms with Gasteiger partial charge in [0.2, 0.25) is 5.88 Å². The predicted octanol–water partition coefficient (Wildman–Crippen LogP) is 2.48. The van der Waals surface area contributed by atoms with Gasteiger partial charge in [-0.3, -0.25) is 4.90 Å². The Kier molecular flexibility index (Phi) is 6.10. The molecular formula is C20H32N4O3. The monoisotopic (exact) mass is 376 g/mol. The molecule has 0 spiro atoms. The molecule has 0 unspecified atom stereocenters. The van der Waals surface area contributed by atoms with Crippen LogP contribution in [0.3, 0.4) is 0 Å². The summed E-state index contributed by atoms with van der Waals surface area (Å²) >= 11 is 0. The molecule has 1 N–H and O–H groups in total. The number of aromatic nitrogens is 2. The maximum absolute atomic E-state index is 6.01. The van der Waals surface area contributed by atoms with Gasteiger partial charge in [0.25, 0.3) is 0 Å². The van der Waals surface area contributed by atoms with E-state index in [4.69, 9.17) is 14.2 Å². The average molecular weight is 377 g/mol.